The number of aromatic nitrogens is 2. The molecule has 0 spiro atoms. The van der Waals surface area contributed by atoms with Gasteiger partial charge in [0.2, 0.25) is 11.7 Å². The maximum absolute atomic E-state index is 11.5. The molecule has 0 radical (unpaired) electrons. The lowest BCUT2D eigenvalue weighted by Gasteiger charge is -2.13. The third kappa shape index (κ3) is 3.69. The summed E-state index contributed by atoms with van der Waals surface area (Å²) in [7, 11) is 1.25. The molecule has 0 saturated carbocycles. The Morgan fingerprint density at radius 2 is 2.22 bits per heavy atom. The van der Waals surface area contributed by atoms with Gasteiger partial charge in [0.15, 0.2) is 0 Å². The minimum absolute atomic E-state index is 0.0504. The zero-order chi connectivity index (χ0) is 13.5. The highest BCUT2D eigenvalue weighted by Crippen LogP contribution is 2.05. The van der Waals surface area contributed by atoms with Crippen LogP contribution in [0.15, 0.2) is 12.3 Å². The van der Waals surface area contributed by atoms with Crippen LogP contribution in [0.3, 0.4) is 0 Å². The van der Waals surface area contributed by atoms with Gasteiger partial charge in [-0.15, -0.1) is 0 Å². The number of ether oxygens (including phenoxy) is 1. The van der Waals surface area contributed by atoms with Gasteiger partial charge in [-0.1, -0.05) is 0 Å². The van der Waals surface area contributed by atoms with Gasteiger partial charge in [0.25, 0.3) is 0 Å². The largest absolute Gasteiger partial charge is 0.463 e. The number of anilines is 1. The third-order valence-corrected chi connectivity index (χ3v) is 2.13. The molecule has 1 aromatic rings. The molecule has 1 rings (SSSR count). The van der Waals surface area contributed by atoms with Crippen LogP contribution >= 0.6 is 0 Å². The number of carbonyl (C=O) groups is 2. The first kappa shape index (κ1) is 13.9. The fraction of sp³-hybridized carbons (Fsp3) is 0.455. The molecule has 0 fully saturated rings. The van der Waals surface area contributed by atoms with Crippen LogP contribution in [0.1, 0.15) is 24.5 Å². The summed E-state index contributed by atoms with van der Waals surface area (Å²) < 4.78 is 4.51. The quantitative estimate of drug-likeness (QED) is 0.727. The molecule has 1 unspecified atom stereocenters. The van der Waals surface area contributed by atoms with E-state index in [4.69, 9.17) is 0 Å². The SMILES string of the molecule is CCNC(=O)C(C)Nc1ccnc(C(=O)OC)n1. The Kier molecular flexibility index (Phi) is 5.04. The van der Waals surface area contributed by atoms with Gasteiger partial charge in [-0.25, -0.2) is 14.8 Å². The molecule has 1 heterocycles. The Hall–Kier alpha value is -2.18. The van der Waals surface area contributed by atoms with Crippen LogP contribution in [0.4, 0.5) is 5.82 Å². The van der Waals surface area contributed by atoms with Crippen molar-refractivity contribution in [2.75, 3.05) is 19.0 Å². The van der Waals surface area contributed by atoms with E-state index < -0.39 is 12.0 Å². The van der Waals surface area contributed by atoms with Crippen molar-refractivity contribution in [3.63, 3.8) is 0 Å². The van der Waals surface area contributed by atoms with Crippen LogP contribution < -0.4 is 10.6 Å². The Balaban J connectivity index is 2.73. The van der Waals surface area contributed by atoms with Crippen LogP contribution in [0.5, 0.6) is 0 Å². The number of nitrogens with one attached hydrogen (secondary N) is 2. The molecule has 1 amide bonds. The van der Waals surface area contributed by atoms with E-state index in [0.717, 1.165) is 0 Å². The molecule has 7 heteroatoms. The standard InChI is InChI=1S/C11H16N4O3/c1-4-12-10(16)7(2)14-8-5-6-13-9(15-8)11(17)18-3/h5-7H,4H2,1-3H3,(H,12,16)(H,13,14,15). The number of esters is 1. The molecule has 0 aliphatic heterocycles. The molecule has 0 aromatic carbocycles. The maximum atomic E-state index is 11.5. The number of carbonyl (C=O) groups excluding carboxylic acids is 2. The molecule has 2 N–H and O–H groups in total. The first-order valence-electron chi connectivity index (χ1n) is 5.54. The van der Waals surface area contributed by atoms with Crippen molar-refractivity contribution >= 4 is 17.7 Å². The number of nitrogens with zero attached hydrogens (tertiary/aromatic N) is 2. The number of likely N-dealkylation sites (N-methyl/N-ethyl adjacent to an activating group) is 1. The van der Waals surface area contributed by atoms with Crippen LogP contribution in [0, 0.1) is 0 Å². The first-order chi connectivity index (χ1) is 8.58. The van der Waals surface area contributed by atoms with Gasteiger partial charge in [-0.2, -0.15) is 0 Å². The van der Waals surface area contributed by atoms with E-state index >= 15 is 0 Å². The highest BCUT2D eigenvalue weighted by Gasteiger charge is 2.14. The number of amides is 1. The minimum Gasteiger partial charge on any atom is -0.463 e. The minimum atomic E-state index is -0.621. The molecule has 1 aromatic heterocycles. The van der Waals surface area contributed by atoms with Crippen LogP contribution in [0.2, 0.25) is 0 Å². The van der Waals surface area contributed by atoms with E-state index in [1.54, 1.807) is 13.0 Å². The average molecular weight is 252 g/mol. The predicted octanol–water partition coefficient (Wildman–Crippen LogP) is 0.200. The normalized spacial score (nSPS) is 11.5. The lowest BCUT2D eigenvalue weighted by Crippen LogP contribution is -2.37. The van der Waals surface area contributed by atoms with Gasteiger partial charge in [0.05, 0.1) is 7.11 Å². The summed E-state index contributed by atoms with van der Waals surface area (Å²) >= 11 is 0. The van der Waals surface area contributed by atoms with Crippen molar-refractivity contribution < 1.29 is 14.3 Å². The summed E-state index contributed by atoms with van der Waals surface area (Å²) in [6.07, 6.45) is 1.42. The number of hydrogen-bond donors (Lipinski definition) is 2. The second kappa shape index (κ2) is 6.53. The van der Waals surface area contributed by atoms with E-state index in [-0.39, 0.29) is 11.7 Å². The lowest BCUT2D eigenvalue weighted by molar-refractivity contribution is -0.121. The summed E-state index contributed by atoms with van der Waals surface area (Å²) in [5, 5.41) is 5.55. The third-order valence-electron chi connectivity index (χ3n) is 2.13. The van der Waals surface area contributed by atoms with Crippen LogP contribution in [-0.2, 0) is 9.53 Å². The molecule has 0 bridgehead atoms. The average Bonchev–Trinajstić information content (AvgIpc) is 2.38. The summed E-state index contributed by atoms with van der Waals surface area (Å²) in [4.78, 5) is 30.5. The Morgan fingerprint density at radius 1 is 1.50 bits per heavy atom. The highest BCUT2D eigenvalue weighted by molar-refractivity contribution is 5.86. The number of rotatable bonds is 5. The molecule has 18 heavy (non-hydrogen) atoms. The fourth-order valence-corrected chi connectivity index (χ4v) is 1.24. The topological polar surface area (TPSA) is 93.2 Å². The molecular weight excluding hydrogens is 236 g/mol. The molecular formula is C11H16N4O3. The fourth-order valence-electron chi connectivity index (χ4n) is 1.24. The van der Waals surface area contributed by atoms with Gasteiger partial charge >= 0.3 is 5.97 Å². The maximum Gasteiger partial charge on any atom is 0.376 e. The monoisotopic (exact) mass is 252 g/mol. The smallest absolute Gasteiger partial charge is 0.376 e. The summed E-state index contributed by atoms with van der Waals surface area (Å²) in [6.45, 7) is 4.09. The predicted molar refractivity (Wildman–Crippen MR) is 65.1 cm³/mol. The van der Waals surface area contributed by atoms with E-state index in [0.29, 0.717) is 12.4 Å². The summed E-state index contributed by atoms with van der Waals surface area (Å²) in [6, 6.07) is 1.12. The Bertz CT molecular complexity index is 436. The molecule has 0 aliphatic carbocycles. The van der Waals surface area contributed by atoms with Gasteiger partial charge in [-0.05, 0) is 19.9 Å². The summed E-state index contributed by atoms with van der Waals surface area (Å²) in [5.41, 5.74) is 0. The summed E-state index contributed by atoms with van der Waals surface area (Å²) in [5.74, 6) is -0.421. The lowest BCUT2D eigenvalue weighted by atomic mass is 10.3. The zero-order valence-electron chi connectivity index (χ0n) is 10.6. The van der Waals surface area contributed by atoms with E-state index in [2.05, 4.69) is 25.3 Å². The van der Waals surface area contributed by atoms with E-state index in [9.17, 15) is 9.59 Å². The van der Waals surface area contributed by atoms with Crippen molar-refractivity contribution in [2.24, 2.45) is 0 Å². The second-order valence-corrected chi connectivity index (χ2v) is 3.52. The molecule has 98 valence electrons. The Morgan fingerprint density at radius 3 is 2.83 bits per heavy atom. The van der Waals surface area contributed by atoms with E-state index in [1.807, 2.05) is 6.92 Å². The first-order valence-corrected chi connectivity index (χ1v) is 5.54. The Labute approximate surface area is 105 Å². The molecule has 0 saturated heterocycles. The van der Waals surface area contributed by atoms with Gasteiger partial charge in [-0.3, -0.25) is 4.79 Å². The van der Waals surface area contributed by atoms with Gasteiger partial charge < -0.3 is 15.4 Å². The van der Waals surface area contributed by atoms with Crippen molar-refractivity contribution in [3.8, 4) is 0 Å². The van der Waals surface area contributed by atoms with Crippen molar-refractivity contribution in [2.45, 2.75) is 19.9 Å². The van der Waals surface area contributed by atoms with Crippen LogP contribution in [0.25, 0.3) is 0 Å². The number of methoxy groups -OCH3 is 1. The second-order valence-electron chi connectivity index (χ2n) is 3.52. The van der Waals surface area contributed by atoms with E-state index in [1.165, 1.54) is 13.3 Å². The molecule has 7 nitrogen and oxygen atoms in total. The molecule has 0 aliphatic rings. The van der Waals surface area contributed by atoms with Gasteiger partial charge in [0, 0.05) is 12.7 Å². The number of hydrogen-bond acceptors (Lipinski definition) is 6. The van der Waals surface area contributed by atoms with Crippen molar-refractivity contribution in [3.05, 3.63) is 18.1 Å². The molecule has 1 atom stereocenters. The zero-order valence-corrected chi connectivity index (χ0v) is 10.6. The highest BCUT2D eigenvalue weighted by atomic mass is 16.5. The van der Waals surface area contributed by atoms with Gasteiger partial charge in [0.1, 0.15) is 11.9 Å². The van der Waals surface area contributed by atoms with Crippen molar-refractivity contribution in [1.82, 2.24) is 15.3 Å². The van der Waals surface area contributed by atoms with Crippen LogP contribution in [-0.4, -0.2) is 41.5 Å². The van der Waals surface area contributed by atoms with Crippen molar-refractivity contribution in [1.29, 1.82) is 0 Å².